The van der Waals surface area contributed by atoms with E-state index < -0.39 is 24.5 Å². The average Bonchev–Trinajstić information content (AvgIpc) is 3.39. The fourth-order valence-corrected chi connectivity index (χ4v) is 4.48. The summed E-state index contributed by atoms with van der Waals surface area (Å²) in [5.41, 5.74) is 8.45. The number of nitrogens with two attached hydrogens (primary N) is 1. The third-order valence-corrected chi connectivity index (χ3v) is 6.65. The number of aromatic nitrogens is 3. The maximum atomic E-state index is 12.2. The van der Waals surface area contributed by atoms with Crippen molar-refractivity contribution in [2.24, 2.45) is 0 Å². The molecule has 0 bridgehead atoms. The summed E-state index contributed by atoms with van der Waals surface area (Å²) >= 11 is 0. The van der Waals surface area contributed by atoms with Crippen molar-refractivity contribution < 1.29 is 19.7 Å². The van der Waals surface area contributed by atoms with Crippen LogP contribution in [-0.4, -0.2) is 80.7 Å². The minimum absolute atomic E-state index is 0.0610. The van der Waals surface area contributed by atoms with Gasteiger partial charge in [0.1, 0.15) is 36.1 Å². The third-order valence-electron chi connectivity index (χ3n) is 6.65. The molecular weight excluding hydrogens is 474 g/mol. The second kappa shape index (κ2) is 11.0. The van der Waals surface area contributed by atoms with Gasteiger partial charge < -0.3 is 40.8 Å². The molecule has 1 aliphatic heterocycles. The number of fused-ring (bicyclic) bond motifs is 1. The fraction of sp³-hybridized carbons (Fsp3) is 0.500. The highest BCUT2D eigenvalue weighted by Crippen LogP contribution is 2.33. The lowest BCUT2D eigenvalue weighted by molar-refractivity contribution is -0.0419. The van der Waals surface area contributed by atoms with Crippen LogP contribution < -0.4 is 16.4 Å². The molecule has 6 N–H and O–H groups in total. The number of rotatable bonds is 8. The molecule has 4 unspecified atom stereocenters. The van der Waals surface area contributed by atoms with Gasteiger partial charge in [-0.15, -0.1) is 0 Å². The van der Waals surface area contributed by atoms with E-state index in [4.69, 9.17) is 10.5 Å². The first-order valence-corrected chi connectivity index (χ1v) is 12.5. The van der Waals surface area contributed by atoms with E-state index in [1.807, 2.05) is 36.2 Å². The van der Waals surface area contributed by atoms with Gasteiger partial charge in [0.25, 0.3) is 0 Å². The van der Waals surface area contributed by atoms with Gasteiger partial charge in [-0.25, -0.2) is 14.8 Å². The summed E-state index contributed by atoms with van der Waals surface area (Å²) in [5.74, 6) is 0.341. The highest BCUT2D eigenvalue weighted by atomic mass is 16.6. The van der Waals surface area contributed by atoms with E-state index >= 15 is 0 Å². The van der Waals surface area contributed by atoms with Gasteiger partial charge in [0.2, 0.25) is 0 Å². The van der Waals surface area contributed by atoms with E-state index in [0.717, 1.165) is 5.69 Å². The van der Waals surface area contributed by atoms with Crippen molar-refractivity contribution in [2.75, 3.05) is 37.7 Å². The van der Waals surface area contributed by atoms with Crippen LogP contribution in [0.15, 0.2) is 42.9 Å². The number of carbonyl (C=O) groups excluding carboxylic acids is 1. The molecule has 4 rings (SSSR count). The van der Waals surface area contributed by atoms with E-state index in [1.165, 1.54) is 11.9 Å². The number of aliphatic hydroxyl groups is 2. The summed E-state index contributed by atoms with van der Waals surface area (Å²) in [6, 6.07) is 9.36. The highest BCUT2D eigenvalue weighted by Gasteiger charge is 2.44. The quantitative estimate of drug-likeness (QED) is 0.288. The number of likely N-dealkylation sites (N-methyl/N-ethyl adjacent to an activating group) is 1. The molecular formula is C26H37N7O4. The van der Waals surface area contributed by atoms with Crippen LogP contribution >= 0.6 is 0 Å². The number of nitrogens with zero attached hydrogens (tertiary/aromatic N) is 4. The number of anilines is 2. The van der Waals surface area contributed by atoms with Crippen molar-refractivity contribution in [1.29, 1.82) is 0 Å². The molecule has 0 aliphatic carbocycles. The van der Waals surface area contributed by atoms with Crippen LogP contribution in [-0.2, 0) is 10.2 Å². The normalized spacial score (nSPS) is 22.0. The van der Waals surface area contributed by atoms with Crippen molar-refractivity contribution >= 4 is 28.6 Å². The van der Waals surface area contributed by atoms with Gasteiger partial charge in [0.05, 0.1) is 5.39 Å². The Morgan fingerprint density at radius 1 is 1.16 bits per heavy atom. The number of nitrogen functional groups attached to an aromatic ring is 1. The number of benzene rings is 1. The van der Waals surface area contributed by atoms with Crippen LogP contribution in [0.4, 0.5) is 16.3 Å². The number of nitrogens with one attached hydrogen (secondary N) is 2. The number of ether oxygens (including phenoxy) is 1. The van der Waals surface area contributed by atoms with Crippen molar-refractivity contribution in [2.45, 2.75) is 57.1 Å². The zero-order chi connectivity index (χ0) is 26.7. The SMILES string of the molecule is CN(CCCNC(=O)Nc1ccc(C(C)(C)C)cc1)CC1OC(n2ccc3c(N)ncnc32)C(O)C1O. The molecule has 0 saturated carbocycles. The van der Waals surface area contributed by atoms with E-state index in [0.29, 0.717) is 42.9 Å². The van der Waals surface area contributed by atoms with Gasteiger partial charge in [-0.05, 0) is 49.2 Å². The number of carbonyl (C=O) groups is 1. The lowest BCUT2D eigenvalue weighted by atomic mass is 9.87. The van der Waals surface area contributed by atoms with Gasteiger partial charge in [-0.3, -0.25) is 0 Å². The summed E-state index contributed by atoms with van der Waals surface area (Å²) in [4.78, 5) is 22.4. The molecule has 0 spiro atoms. The first kappa shape index (κ1) is 26.8. The van der Waals surface area contributed by atoms with Crippen LogP contribution in [0.5, 0.6) is 0 Å². The molecule has 200 valence electrons. The molecule has 1 saturated heterocycles. The monoisotopic (exact) mass is 511 g/mol. The fourth-order valence-electron chi connectivity index (χ4n) is 4.48. The molecule has 0 radical (unpaired) electrons. The number of aliphatic hydroxyl groups excluding tert-OH is 2. The summed E-state index contributed by atoms with van der Waals surface area (Å²) in [6.45, 7) is 8.02. The Morgan fingerprint density at radius 2 is 1.89 bits per heavy atom. The lowest BCUT2D eigenvalue weighted by Crippen LogP contribution is -2.39. The van der Waals surface area contributed by atoms with E-state index in [-0.39, 0.29) is 11.4 Å². The largest absolute Gasteiger partial charge is 0.387 e. The van der Waals surface area contributed by atoms with Crippen molar-refractivity contribution in [3.05, 3.63) is 48.4 Å². The Bertz CT molecular complexity index is 1210. The first-order valence-electron chi connectivity index (χ1n) is 12.5. The Hall–Kier alpha value is -3.25. The van der Waals surface area contributed by atoms with Gasteiger partial charge >= 0.3 is 6.03 Å². The van der Waals surface area contributed by atoms with Crippen LogP contribution in [0.1, 0.15) is 39.0 Å². The molecule has 1 aromatic carbocycles. The number of hydrogen-bond donors (Lipinski definition) is 5. The standard InChI is InChI=1S/C26H37N7O4/c1-26(2,3)16-6-8-17(9-7-16)31-25(36)28-11-5-12-32(4)14-19-20(34)21(35)24(37-19)33-13-10-18-22(27)29-15-30-23(18)33/h6-10,13,15,19-21,24,34-35H,5,11-12,14H2,1-4H3,(H2,27,29,30)(H2,28,31,36). The van der Waals surface area contributed by atoms with Crippen LogP contribution in [0.3, 0.4) is 0 Å². The zero-order valence-electron chi connectivity index (χ0n) is 21.8. The number of amides is 2. The van der Waals surface area contributed by atoms with E-state index in [9.17, 15) is 15.0 Å². The Labute approximate surface area is 216 Å². The van der Waals surface area contributed by atoms with Crippen molar-refractivity contribution in [3.63, 3.8) is 0 Å². The summed E-state index contributed by atoms with van der Waals surface area (Å²) in [6.07, 6.45) is 0.231. The highest BCUT2D eigenvalue weighted by molar-refractivity contribution is 5.89. The minimum Gasteiger partial charge on any atom is -0.387 e. The van der Waals surface area contributed by atoms with Crippen LogP contribution in [0.25, 0.3) is 11.0 Å². The molecule has 3 heterocycles. The van der Waals surface area contributed by atoms with Crippen LogP contribution in [0, 0.1) is 0 Å². The van der Waals surface area contributed by atoms with Crippen LogP contribution in [0.2, 0.25) is 0 Å². The molecule has 2 aromatic heterocycles. The molecule has 11 heteroatoms. The topological polar surface area (TPSA) is 151 Å². The summed E-state index contributed by atoms with van der Waals surface area (Å²) in [5, 5.41) is 27.6. The van der Waals surface area contributed by atoms with E-state index in [2.05, 4.69) is 41.4 Å². The molecule has 3 aromatic rings. The van der Waals surface area contributed by atoms with Gasteiger partial charge in [-0.1, -0.05) is 32.9 Å². The number of urea groups is 1. The second-order valence-corrected chi connectivity index (χ2v) is 10.6. The lowest BCUT2D eigenvalue weighted by Gasteiger charge is -2.23. The molecule has 11 nitrogen and oxygen atoms in total. The van der Waals surface area contributed by atoms with Crippen molar-refractivity contribution in [1.82, 2.24) is 24.8 Å². The van der Waals surface area contributed by atoms with Crippen molar-refractivity contribution in [3.8, 4) is 0 Å². The number of hydrogen-bond acceptors (Lipinski definition) is 8. The first-order chi connectivity index (χ1) is 17.5. The van der Waals surface area contributed by atoms with Gasteiger partial charge in [-0.2, -0.15) is 0 Å². The Morgan fingerprint density at radius 3 is 2.59 bits per heavy atom. The molecule has 2 amide bonds. The molecule has 4 atom stereocenters. The minimum atomic E-state index is -1.12. The summed E-state index contributed by atoms with van der Waals surface area (Å²) < 4.78 is 7.70. The second-order valence-electron chi connectivity index (χ2n) is 10.6. The molecule has 1 fully saturated rings. The summed E-state index contributed by atoms with van der Waals surface area (Å²) in [7, 11) is 1.91. The Kier molecular flexibility index (Phi) is 7.98. The maximum absolute atomic E-state index is 12.2. The maximum Gasteiger partial charge on any atom is 0.319 e. The average molecular weight is 512 g/mol. The molecule has 1 aliphatic rings. The predicted octanol–water partition coefficient (Wildman–Crippen LogP) is 2.07. The predicted molar refractivity (Wildman–Crippen MR) is 142 cm³/mol. The molecule has 37 heavy (non-hydrogen) atoms. The smallest absolute Gasteiger partial charge is 0.319 e. The van der Waals surface area contributed by atoms with Gasteiger partial charge in [0, 0.05) is 25.0 Å². The van der Waals surface area contributed by atoms with Gasteiger partial charge in [0.15, 0.2) is 6.23 Å². The zero-order valence-corrected chi connectivity index (χ0v) is 21.8. The Balaban J connectivity index is 1.21. The van der Waals surface area contributed by atoms with E-state index in [1.54, 1.807) is 16.8 Å². The third kappa shape index (κ3) is 6.19.